The molecule has 150 valence electrons. The van der Waals surface area contributed by atoms with Crippen molar-refractivity contribution in [2.75, 3.05) is 38.4 Å². The van der Waals surface area contributed by atoms with Gasteiger partial charge >= 0.3 is 0 Å². The molecule has 1 N–H and O–H groups in total. The lowest BCUT2D eigenvalue weighted by Crippen LogP contribution is -2.26. The Labute approximate surface area is 163 Å². The lowest BCUT2D eigenvalue weighted by atomic mass is 10.1. The summed E-state index contributed by atoms with van der Waals surface area (Å²) in [6, 6.07) is 8.58. The van der Waals surface area contributed by atoms with Crippen LogP contribution in [0.5, 0.6) is 0 Å². The third kappa shape index (κ3) is 4.12. The first-order valence-corrected chi connectivity index (χ1v) is 9.70. The summed E-state index contributed by atoms with van der Waals surface area (Å²) < 4.78 is 26.5. The van der Waals surface area contributed by atoms with Gasteiger partial charge in [0.2, 0.25) is 10.0 Å². The number of anilines is 2. The van der Waals surface area contributed by atoms with Gasteiger partial charge in [-0.2, -0.15) is 0 Å². The summed E-state index contributed by atoms with van der Waals surface area (Å²) >= 11 is 0. The van der Waals surface area contributed by atoms with Crippen molar-refractivity contribution in [2.24, 2.45) is 0 Å². The van der Waals surface area contributed by atoms with Crippen LogP contribution >= 0.6 is 0 Å². The minimum absolute atomic E-state index is 0.0448. The second kappa shape index (κ2) is 7.95. The molecule has 0 radical (unpaired) electrons. The molecule has 28 heavy (non-hydrogen) atoms. The molecule has 2 rings (SSSR count). The quantitative estimate of drug-likeness (QED) is 0.582. The van der Waals surface area contributed by atoms with Crippen LogP contribution in [0, 0.1) is 17.0 Å². The fourth-order valence-electron chi connectivity index (χ4n) is 2.63. The first-order valence-electron chi connectivity index (χ1n) is 8.26. The number of rotatable bonds is 6. The molecule has 1 amide bonds. The monoisotopic (exact) mass is 406 g/mol. The molecule has 0 fully saturated rings. The number of nitro benzene ring substituents is 1. The average molecular weight is 406 g/mol. The maximum Gasteiger partial charge on any atom is 0.269 e. The Kier molecular flexibility index (Phi) is 6.05. The van der Waals surface area contributed by atoms with Crippen molar-refractivity contribution in [2.45, 2.75) is 11.8 Å². The first-order chi connectivity index (χ1) is 13.0. The molecule has 0 aromatic heterocycles. The normalized spacial score (nSPS) is 11.4. The van der Waals surface area contributed by atoms with Gasteiger partial charge in [-0.15, -0.1) is 0 Å². The number of sulfonamides is 1. The summed E-state index contributed by atoms with van der Waals surface area (Å²) in [6.45, 7) is 1.58. The van der Waals surface area contributed by atoms with E-state index in [-0.39, 0.29) is 21.8 Å². The van der Waals surface area contributed by atoms with Crippen LogP contribution in [0.4, 0.5) is 17.1 Å². The standard InChI is InChI=1S/C18H22N4O5S/c1-12-11-13(22(24)25)9-10-14(12)18(23)19-17-15(20(2)3)7-6-8-16(17)28(26,27)21(4)5/h6-11H,1-5H3,(H,19,23). The predicted octanol–water partition coefficient (Wildman–Crippen LogP) is 2.47. The Morgan fingerprint density at radius 2 is 1.75 bits per heavy atom. The number of aryl methyl sites for hydroxylation is 1. The van der Waals surface area contributed by atoms with Crippen molar-refractivity contribution in [3.05, 3.63) is 57.6 Å². The molecule has 0 bridgehead atoms. The van der Waals surface area contributed by atoms with Crippen LogP contribution < -0.4 is 10.2 Å². The number of carbonyl (C=O) groups excluding carboxylic acids is 1. The van der Waals surface area contributed by atoms with Gasteiger partial charge in [0.1, 0.15) is 4.90 Å². The minimum Gasteiger partial charge on any atom is -0.376 e. The van der Waals surface area contributed by atoms with Crippen LogP contribution in [0.3, 0.4) is 0 Å². The highest BCUT2D eigenvalue weighted by Crippen LogP contribution is 2.33. The zero-order valence-electron chi connectivity index (χ0n) is 16.3. The lowest BCUT2D eigenvalue weighted by Gasteiger charge is -2.22. The van der Waals surface area contributed by atoms with Crippen molar-refractivity contribution < 1.29 is 18.1 Å². The van der Waals surface area contributed by atoms with Crippen LogP contribution in [-0.4, -0.2) is 51.7 Å². The average Bonchev–Trinajstić information content (AvgIpc) is 2.60. The zero-order chi connectivity index (χ0) is 21.2. The molecule has 9 nitrogen and oxygen atoms in total. The SMILES string of the molecule is Cc1cc([N+](=O)[O-])ccc1C(=O)Nc1c(N(C)C)cccc1S(=O)(=O)N(C)C. The van der Waals surface area contributed by atoms with Gasteiger partial charge in [-0.3, -0.25) is 14.9 Å². The Balaban J connectivity index is 2.56. The van der Waals surface area contributed by atoms with E-state index in [4.69, 9.17) is 0 Å². The van der Waals surface area contributed by atoms with Gasteiger partial charge in [0.25, 0.3) is 11.6 Å². The Bertz CT molecular complexity index is 1030. The second-order valence-electron chi connectivity index (χ2n) is 6.54. The number of hydrogen-bond acceptors (Lipinski definition) is 6. The maximum absolute atomic E-state index is 12.8. The largest absolute Gasteiger partial charge is 0.376 e. The summed E-state index contributed by atoms with van der Waals surface area (Å²) in [5, 5.41) is 13.6. The Morgan fingerprint density at radius 1 is 1.11 bits per heavy atom. The first kappa shape index (κ1) is 21.3. The third-order valence-electron chi connectivity index (χ3n) is 4.15. The molecule has 0 unspecified atom stereocenters. The van der Waals surface area contributed by atoms with Gasteiger partial charge < -0.3 is 10.2 Å². The van der Waals surface area contributed by atoms with E-state index < -0.39 is 20.9 Å². The molecule has 0 saturated carbocycles. The summed E-state index contributed by atoms with van der Waals surface area (Å²) in [4.78, 5) is 24.8. The van der Waals surface area contributed by atoms with Crippen molar-refractivity contribution in [3.8, 4) is 0 Å². The third-order valence-corrected chi connectivity index (χ3v) is 6.01. The number of carbonyl (C=O) groups is 1. The van der Waals surface area contributed by atoms with Gasteiger partial charge in [-0.25, -0.2) is 12.7 Å². The van der Waals surface area contributed by atoms with E-state index in [1.54, 1.807) is 38.1 Å². The highest BCUT2D eigenvalue weighted by molar-refractivity contribution is 7.89. The summed E-state index contributed by atoms with van der Waals surface area (Å²) in [5.41, 5.74) is 1.15. The lowest BCUT2D eigenvalue weighted by molar-refractivity contribution is -0.384. The number of amides is 1. The molecule has 0 spiro atoms. The number of nitrogens with one attached hydrogen (secondary N) is 1. The molecule has 0 aliphatic carbocycles. The molecule has 2 aromatic carbocycles. The predicted molar refractivity (Wildman–Crippen MR) is 107 cm³/mol. The van der Waals surface area contributed by atoms with Crippen LogP contribution in [0.1, 0.15) is 15.9 Å². The number of benzene rings is 2. The van der Waals surface area contributed by atoms with Crippen LogP contribution in [0.2, 0.25) is 0 Å². The highest BCUT2D eigenvalue weighted by Gasteiger charge is 2.26. The van der Waals surface area contributed by atoms with Crippen LogP contribution in [0.25, 0.3) is 0 Å². The fourth-order valence-corrected chi connectivity index (χ4v) is 3.68. The molecule has 0 aliphatic rings. The number of nitro groups is 1. The molecule has 10 heteroatoms. The summed E-state index contributed by atoms with van der Waals surface area (Å²) in [7, 11) is 2.46. The van der Waals surface area contributed by atoms with Crippen molar-refractivity contribution in [1.29, 1.82) is 0 Å². The molecule has 0 aliphatic heterocycles. The number of nitrogens with zero attached hydrogens (tertiary/aromatic N) is 3. The summed E-state index contributed by atoms with van der Waals surface area (Å²) in [6.07, 6.45) is 0. The van der Waals surface area contributed by atoms with Crippen LogP contribution in [0.15, 0.2) is 41.3 Å². The number of para-hydroxylation sites is 1. The summed E-state index contributed by atoms with van der Waals surface area (Å²) in [5.74, 6) is -0.558. The van der Waals surface area contributed by atoms with E-state index in [0.717, 1.165) is 4.31 Å². The van der Waals surface area contributed by atoms with Crippen molar-refractivity contribution >= 4 is 33.0 Å². The van der Waals surface area contributed by atoms with Gasteiger partial charge in [0, 0.05) is 45.9 Å². The Morgan fingerprint density at radius 3 is 2.25 bits per heavy atom. The molecular weight excluding hydrogens is 384 g/mol. The molecule has 0 atom stereocenters. The maximum atomic E-state index is 12.8. The number of hydrogen-bond donors (Lipinski definition) is 1. The number of non-ortho nitro benzene ring substituents is 1. The van der Waals surface area contributed by atoms with E-state index >= 15 is 0 Å². The van der Waals surface area contributed by atoms with Gasteiger partial charge in [0.15, 0.2) is 0 Å². The van der Waals surface area contributed by atoms with Gasteiger partial charge in [-0.1, -0.05) is 6.07 Å². The van der Waals surface area contributed by atoms with E-state index in [1.807, 2.05) is 0 Å². The topological polar surface area (TPSA) is 113 Å². The molecule has 0 heterocycles. The highest BCUT2D eigenvalue weighted by atomic mass is 32.2. The van der Waals surface area contributed by atoms with Crippen LogP contribution in [-0.2, 0) is 10.0 Å². The van der Waals surface area contributed by atoms with Crippen molar-refractivity contribution in [1.82, 2.24) is 4.31 Å². The van der Waals surface area contributed by atoms with Gasteiger partial charge in [-0.05, 0) is 30.7 Å². The fraction of sp³-hybridized carbons (Fsp3) is 0.278. The van der Waals surface area contributed by atoms with E-state index in [1.165, 1.54) is 38.4 Å². The molecule has 0 saturated heterocycles. The second-order valence-corrected chi connectivity index (χ2v) is 8.66. The smallest absolute Gasteiger partial charge is 0.269 e. The molecular formula is C18H22N4O5S. The van der Waals surface area contributed by atoms with E-state index in [2.05, 4.69) is 5.32 Å². The Hall–Kier alpha value is -2.98. The minimum atomic E-state index is -3.82. The van der Waals surface area contributed by atoms with E-state index in [9.17, 15) is 23.3 Å². The molecule has 2 aromatic rings. The van der Waals surface area contributed by atoms with Crippen molar-refractivity contribution in [3.63, 3.8) is 0 Å². The van der Waals surface area contributed by atoms with E-state index in [0.29, 0.717) is 11.3 Å². The van der Waals surface area contributed by atoms with Gasteiger partial charge in [0.05, 0.1) is 16.3 Å². The zero-order valence-corrected chi connectivity index (χ0v) is 17.1.